The Labute approximate surface area is 114 Å². The Morgan fingerprint density at radius 3 is 2.78 bits per heavy atom. The fraction of sp³-hybridized carbons (Fsp3) is 0.917. The van der Waals surface area contributed by atoms with Gasteiger partial charge in [-0.15, -0.1) is 0 Å². The largest absolute Gasteiger partial charge is 0.364 e. The van der Waals surface area contributed by atoms with Crippen LogP contribution in [0, 0.1) is 0 Å². The second-order valence-electron chi connectivity index (χ2n) is 4.43. The lowest BCUT2D eigenvalue weighted by Gasteiger charge is -2.18. The number of carbonyl (C=O) groups excluding carboxylic acids is 1. The molecule has 0 bridgehead atoms. The topological polar surface area (TPSA) is 67.6 Å². The molecule has 1 heterocycles. The lowest BCUT2D eigenvalue weighted by Crippen LogP contribution is -2.39. The summed E-state index contributed by atoms with van der Waals surface area (Å²) < 4.78 is 5.65. The third kappa shape index (κ3) is 5.14. The van der Waals surface area contributed by atoms with Gasteiger partial charge in [0.2, 0.25) is 0 Å². The summed E-state index contributed by atoms with van der Waals surface area (Å²) in [6.45, 7) is 7.71. The summed E-state index contributed by atoms with van der Waals surface area (Å²) >= 11 is 1.90. The molecular formula is C12H25N3O2S. The molecule has 0 aromatic carbocycles. The van der Waals surface area contributed by atoms with Gasteiger partial charge in [0.25, 0.3) is 5.91 Å². The summed E-state index contributed by atoms with van der Waals surface area (Å²) in [6, 6.07) is 0. The number of nitrogens with zero attached hydrogens (tertiary/aromatic N) is 1. The van der Waals surface area contributed by atoms with E-state index < -0.39 is 0 Å². The van der Waals surface area contributed by atoms with Crippen LogP contribution in [0.3, 0.4) is 0 Å². The maximum atomic E-state index is 11.3. The van der Waals surface area contributed by atoms with Gasteiger partial charge in [-0.3, -0.25) is 10.2 Å². The molecule has 1 fully saturated rings. The van der Waals surface area contributed by atoms with Crippen molar-refractivity contribution in [2.45, 2.75) is 38.9 Å². The molecule has 3 N–H and O–H groups in total. The standard InChI is InChI=1S/C12H25N3O2S/c1-3-15(4-2)7-8-18-9-10-5-6-11(17-10)12(16)14-13/h10-11H,3-9,13H2,1-2H3,(H,14,16). The summed E-state index contributed by atoms with van der Waals surface area (Å²) in [5.74, 6) is 6.98. The molecule has 2 unspecified atom stereocenters. The molecule has 18 heavy (non-hydrogen) atoms. The lowest BCUT2D eigenvalue weighted by molar-refractivity contribution is -0.131. The molecule has 1 amide bonds. The van der Waals surface area contributed by atoms with E-state index in [4.69, 9.17) is 10.6 Å². The highest BCUT2D eigenvalue weighted by Crippen LogP contribution is 2.22. The van der Waals surface area contributed by atoms with Crippen molar-refractivity contribution in [3.63, 3.8) is 0 Å². The van der Waals surface area contributed by atoms with E-state index in [9.17, 15) is 4.79 Å². The first kappa shape index (κ1) is 15.8. The third-order valence-electron chi connectivity index (χ3n) is 3.29. The fourth-order valence-corrected chi connectivity index (χ4v) is 3.12. The summed E-state index contributed by atoms with van der Waals surface area (Å²) in [5.41, 5.74) is 2.15. The van der Waals surface area contributed by atoms with Crippen molar-refractivity contribution < 1.29 is 9.53 Å². The quantitative estimate of drug-likeness (QED) is 0.294. The van der Waals surface area contributed by atoms with Gasteiger partial charge in [0, 0.05) is 18.1 Å². The summed E-state index contributed by atoms with van der Waals surface area (Å²) in [6.07, 6.45) is 1.60. The second-order valence-corrected chi connectivity index (χ2v) is 5.58. The van der Waals surface area contributed by atoms with Crippen molar-refractivity contribution in [2.24, 2.45) is 5.84 Å². The van der Waals surface area contributed by atoms with Gasteiger partial charge >= 0.3 is 0 Å². The molecule has 1 saturated heterocycles. The average Bonchev–Trinajstić information content (AvgIpc) is 2.87. The van der Waals surface area contributed by atoms with Gasteiger partial charge in [-0.25, -0.2) is 5.84 Å². The van der Waals surface area contributed by atoms with Crippen molar-refractivity contribution >= 4 is 17.7 Å². The Morgan fingerprint density at radius 1 is 1.44 bits per heavy atom. The molecular weight excluding hydrogens is 250 g/mol. The van der Waals surface area contributed by atoms with Crippen molar-refractivity contribution in [3.8, 4) is 0 Å². The number of amides is 1. The van der Waals surface area contributed by atoms with E-state index in [1.807, 2.05) is 11.8 Å². The minimum absolute atomic E-state index is 0.203. The van der Waals surface area contributed by atoms with E-state index in [2.05, 4.69) is 24.2 Å². The van der Waals surface area contributed by atoms with E-state index in [0.717, 1.165) is 44.0 Å². The minimum atomic E-state index is -0.344. The highest BCUT2D eigenvalue weighted by molar-refractivity contribution is 7.99. The average molecular weight is 275 g/mol. The Kier molecular flexibility index (Phi) is 7.65. The Bertz CT molecular complexity index is 249. The number of nitrogens with one attached hydrogen (secondary N) is 1. The molecule has 106 valence electrons. The molecule has 0 aromatic rings. The van der Waals surface area contributed by atoms with Crippen LogP contribution in [-0.4, -0.2) is 54.2 Å². The van der Waals surface area contributed by atoms with Gasteiger partial charge in [-0.05, 0) is 25.9 Å². The molecule has 0 saturated carbocycles. The van der Waals surface area contributed by atoms with Crippen molar-refractivity contribution in [3.05, 3.63) is 0 Å². The molecule has 0 spiro atoms. The first-order valence-electron chi connectivity index (χ1n) is 6.67. The van der Waals surface area contributed by atoms with Crippen LogP contribution >= 0.6 is 11.8 Å². The van der Waals surface area contributed by atoms with Gasteiger partial charge < -0.3 is 9.64 Å². The van der Waals surface area contributed by atoms with Gasteiger partial charge in [-0.2, -0.15) is 11.8 Å². The SMILES string of the molecule is CCN(CC)CCSCC1CCC(C(=O)NN)O1. The van der Waals surface area contributed by atoms with Crippen LogP contribution in [0.4, 0.5) is 0 Å². The highest BCUT2D eigenvalue weighted by atomic mass is 32.2. The summed E-state index contributed by atoms with van der Waals surface area (Å²) in [5, 5.41) is 0. The number of rotatable bonds is 8. The number of thioether (sulfide) groups is 1. The molecule has 0 aromatic heterocycles. The van der Waals surface area contributed by atoms with Crippen LogP contribution in [0.1, 0.15) is 26.7 Å². The second kappa shape index (κ2) is 8.74. The van der Waals surface area contributed by atoms with Crippen LogP contribution in [-0.2, 0) is 9.53 Å². The van der Waals surface area contributed by atoms with Crippen molar-refractivity contribution in [1.29, 1.82) is 0 Å². The zero-order valence-electron chi connectivity index (χ0n) is 11.4. The minimum Gasteiger partial charge on any atom is -0.364 e. The van der Waals surface area contributed by atoms with Crippen molar-refractivity contribution in [1.82, 2.24) is 10.3 Å². The van der Waals surface area contributed by atoms with Gasteiger partial charge in [0.05, 0.1) is 6.10 Å². The molecule has 0 radical (unpaired) electrons. The highest BCUT2D eigenvalue weighted by Gasteiger charge is 2.29. The van der Waals surface area contributed by atoms with Gasteiger partial charge in [-0.1, -0.05) is 13.8 Å². The van der Waals surface area contributed by atoms with E-state index in [0.29, 0.717) is 0 Å². The van der Waals surface area contributed by atoms with E-state index in [1.165, 1.54) is 0 Å². The van der Waals surface area contributed by atoms with Gasteiger partial charge in [0.1, 0.15) is 6.10 Å². The molecule has 2 atom stereocenters. The maximum Gasteiger partial charge on any atom is 0.263 e. The number of nitrogens with two attached hydrogens (primary N) is 1. The maximum absolute atomic E-state index is 11.3. The van der Waals surface area contributed by atoms with Crippen LogP contribution in [0.15, 0.2) is 0 Å². The number of hydrogen-bond acceptors (Lipinski definition) is 5. The summed E-state index contributed by atoms with van der Waals surface area (Å²) in [7, 11) is 0. The predicted octanol–water partition coefficient (Wildman–Crippen LogP) is 0.599. The van der Waals surface area contributed by atoms with Crippen LogP contribution < -0.4 is 11.3 Å². The zero-order valence-corrected chi connectivity index (χ0v) is 12.2. The van der Waals surface area contributed by atoms with E-state index in [-0.39, 0.29) is 18.1 Å². The Balaban J connectivity index is 2.09. The molecule has 0 aliphatic carbocycles. The predicted molar refractivity (Wildman–Crippen MR) is 75.3 cm³/mol. The molecule has 1 aliphatic heterocycles. The molecule has 1 aliphatic rings. The van der Waals surface area contributed by atoms with Crippen LogP contribution in [0.5, 0.6) is 0 Å². The normalized spacial score (nSPS) is 23.6. The monoisotopic (exact) mass is 275 g/mol. The van der Waals surface area contributed by atoms with E-state index in [1.54, 1.807) is 0 Å². The molecule has 6 heteroatoms. The third-order valence-corrected chi connectivity index (χ3v) is 4.37. The smallest absolute Gasteiger partial charge is 0.263 e. The Hall–Kier alpha value is -0.300. The van der Waals surface area contributed by atoms with Gasteiger partial charge in [0.15, 0.2) is 0 Å². The number of hydrogen-bond donors (Lipinski definition) is 2. The first-order valence-corrected chi connectivity index (χ1v) is 7.82. The number of carbonyl (C=O) groups is 1. The first-order chi connectivity index (χ1) is 8.71. The summed E-state index contributed by atoms with van der Waals surface area (Å²) in [4.78, 5) is 13.7. The lowest BCUT2D eigenvalue weighted by atomic mass is 10.2. The molecule has 1 rings (SSSR count). The zero-order chi connectivity index (χ0) is 13.4. The number of hydrazine groups is 1. The van der Waals surface area contributed by atoms with E-state index >= 15 is 0 Å². The number of ether oxygens (including phenoxy) is 1. The van der Waals surface area contributed by atoms with Crippen molar-refractivity contribution in [2.75, 3.05) is 31.1 Å². The fourth-order valence-electron chi connectivity index (χ4n) is 2.06. The molecule has 5 nitrogen and oxygen atoms in total. The van der Waals surface area contributed by atoms with Crippen LogP contribution in [0.25, 0.3) is 0 Å². The Morgan fingerprint density at radius 2 is 2.17 bits per heavy atom. The van der Waals surface area contributed by atoms with Crippen LogP contribution in [0.2, 0.25) is 0 Å².